The maximum Gasteiger partial charge on any atom is 0.238 e. The van der Waals surface area contributed by atoms with Gasteiger partial charge >= 0.3 is 0 Å². The van der Waals surface area contributed by atoms with E-state index in [-0.39, 0.29) is 17.7 Å². The molecule has 1 aromatic carbocycles. The Kier molecular flexibility index (Phi) is 6.65. The van der Waals surface area contributed by atoms with Gasteiger partial charge in [0.25, 0.3) is 0 Å². The highest BCUT2D eigenvalue weighted by Crippen LogP contribution is 2.35. The van der Waals surface area contributed by atoms with E-state index in [1.807, 2.05) is 12.1 Å². The molecule has 2 saturated heterocycles. The molecule has 1 saturated carbocycles. The van der Waals surface area contributed by atoms with Crippen LogP contribution in [-0.4, -0.2) is 55.6 Å². The van der Waals surface area contributed by atoms with Crippen molar-refractivity contribution in [3.63, 3.8) is 0 Å². The third-order valence-electron chi connectivity index (χ3n) is 7.22. The van der Waals surface area contributed by atoms with Crippen molar-refractivity contribution in [3.8, 4) is 6.07 Å². The van der Waals surface area contributed by atoms with Gasteiger partial charge in [-0.25, -0.2) is 12.7 Å². The predicted molar refractivity (Wildman–Crippen MR) is 119 cm³/mol. The van der Waals surface area contributed by atoms with Crippen LogP contribution in [0.2, 0.25) is 0 Å². The Balaban J connectivity index is 1.30. The highest BCUT2D eigenvalue weighted by Gasteiger charge is 2.43. The second-order valence-electron chi connectivity index (χ2n) is 9.12. The van der Waals surface area contributed by atoms with Crippen LogP contribution in [-0.2, 0) is 21.2 Å². The fourth-order valence-electron chi connectivity index (χ4n) is 5.35. The number of carbonyl (C=O) groups is 1. The van der Waals surface area contributed by atoms with Gasteiger partial charge in [-0.1, -0.05) is 24.3 Å². The summed E-state index contributed by atoms with van der Waals surface area (Å²) in [6.07, 6.45) is 5.45. The van der Waals surface area contributed by atoms with E-state index in [1.165, 1.54) is 5.56 Å². The average Bonchev–Trinajstić information content (AvgIpc) is 3.43. The Hall–Kier alpha value is -1.95. The number of piperidine rings is 2. The van der Waals surface area contributed by atoms with Crippen molar-refractivity contribution in [2.24, 2.45) is 5.92 Å². The third-order valence-corrected chi connectivity index (χ3v) is 9.10. The van der Waals surface area contributed by atoms with Crippen molar-refractivity contribution in [1.29, 1.82) is 5.26 Å². The number of hydrogen-bond acceptors (Lipinski definition) is 5. The Morgan fingerprint density at radius 2 is 1.94 bits per heavy atom. The second-order valence-corrected chi connectivity index (χ2v) is 11.4. The third kappa shape index (κ3) is 4.94. The van der Waals surface area contributed by atoms with Gasteiger partial charge in [-0.2, -0.15) is 5.26 Å². The van der Waals surface area contributed by atoms with Gasteiger partial charge < -0.3 is 10.6 Å². The summed E-state index contributed by atoms with van der Waals surface area (Å²) in [5, 5.41) is 15.8. The van der Waals surface area contributed by atoms with Crippen LogP contribution in [0, 0.1) is 17.2 Å². The molecular weight excluding hydrogens is 412 g/mol. The van der Waals surface area contributed by atoms with E-state index in [9.17, 15) is 18.5 Å². The Labute approximate surface area is 185 Å². The summed E-state index contributed by atoms with van der Waals surface area (Å²) in [5.74, 6) is 0.861. The lowest BCUT2D eigenvalue weighted by Crippen LogP contribution is -2.50. The number of hydrogen-bond donors (Lipinski definition) is 2. The monoisotopic (exact) mass is 444 g/mol. The summed E-state index contributed by atoms with van der Waals surface area (Å²) in [7, 11) is -3.11. The molecule has 4 atom stereocenters. The van der Waals surface area contributed by atoms with Crippen LogP contribution in [0.4, 0.5) is 0 Å². The topological polar surface area (TPSA) is 102 Å². The number of carbonyl (C=O) groups excluding carboxylic acids is 1. The molecule has 7 nitrogen and oxygen atoms in total. The first-order chi connectivity index (χ1) is 14.9. The zero-order chi connectivity index (χ0) is 22.0. The number of nitrogens with zero attached hydrogens (tertiary/aromatic N) is 2. The van der Waals surface area contributed by atoms with Crippen LogP contribution in [0.15, 0.2) is 24.3 Å². The van der Waals surface area contributed by atoms with Gasteiger partial charge in [-0.05, 0) is 62.0 Å². The molecule has 1 aliphatic carbocycles. The molecule has 0 aromatic heterocycles. The van der Waals surface area contributed by atoms with E-state index in [2.05, 4.69) is 28.8 Å². The molecule has 1 aromatic rings. The van der Waals surface area contributed by atoms with Crippen molar-refractivity contribution in [3.05, 3.63) is 35.4 Å². The quantitative estimate of drug-likeness (QED) is 0.669. The number of benzene rings is 1. The summed E-state index contributed by atoms with van der Waals surface area (Å²) < 4.78 is 25.7. The van der Waals surface area contributed by atoms with Crippen LogP contribution in [0.5, 0.6) is 0 Å². The van der Waals surface area contributed by atoms with Crippen molar-refractivity contribution in [1.82, 2.24) is 14.9 Å². The Bertz CT molecular complexity index is 933. The average molecular weight is 445 g/mol. The van der Waals surface area contributed by atoms with Crippen molar-refractivity contribution in [2.75, 3.05) is 18.8 Å². The number of rotatable bonds is 7. The highest BCUT2D eigenvalue weighted by molar-refractivity contribution is 7.89. The molecule has 3 aliphatic rings. The van der Waals surface area contributed by atoms with Gasteiger partial charge in [-0.15, -0.1) is 0 Å². The van der Waals surface area contributed by atoms with Crippen LogP contribution < -0.4 is 10.6 Å². The molecule has 2 bridgehead atoms. The number of nitrogens with one attached hydrogen (secondary N) is 2. The van der Waals surface area contributed by atoms with Gasteiger partial charge in [-0.3, -0.25) is 4.79 Å². The van der Waals surface area contributed by atoms with E-state index in [1.54, 1.807) is 11.2 Å². The maximum absolute atomic E-state index is 12.6. The normalized spacial score (nSPS) is 27.7. The largest absolute Gasteiger partial charge is 0.339 e. The minimum Gasteiger partial charge on any atom is -0.339 e. The summed E-state index contributed by atoms with van der Waals surface area (Å²) in [6, 6.07) is 10.2. The van der Waals surface area contributed by atoms with Crippen molar-refractivity contribution < 1.29 is 13.2 Å². The van der Waals surface area contributed by atoms with Crippen molar-refractivity contribution >= 4 is 15.9 Å². The SMILES string of the molecule is CCS(=O)(=O)N1CCC(c2ccc(C[C@@H](C#N)NC(=O)[C@H]3N[C@H]4CC[C@H]3C4)cc2)CC1. The summed E-state index contributed by atoms with van der Waals surface area (Å²) in [6.45, 7) is 2.83. The molecule has 2 aliphatic heterocycles. The molecule has 1 amide bonds. The lowest BCUT2D eigenvalue weighted by molar-refractivity contribution is -0.124. The zero-order valence-electron chi connectivity index (χ0n) is 18.1. The van der Waals surface area contributed by atoms with Crippen LogP contribution in [0.3, 0.4) is 0 Å². The summed E-state index contributed by atoms with van der Waals surface area (Å²) >= 11 is 0. The molecule has 2 heterocycles. The standard InChI is InChI=1S/C23H32N4O3S/c1-2-31(29,30)27-11-9-18(10-12-27)17-5-3-16(4-6-17)13-21(15-24)26-23(28)22-19-7-8-20(14-19)25-22/h3-6,18-22,25H,2,7-14H2,1H3,(H,26,28)/t19-,20-,21-,22-/m0/s1. The molecule has 8 heteroatoms. The summed E-state index contributed by atoms with van der Waals surface area (Å²) in [5.41, 5.74) is 2.23. The molecule has 31 heavy (non-hydrogen) atoms. The molecule has 4 rings (SSSR count). The van der Waals surface area contributed by atoms with Crippen molar-refractivity contribution in [2.45, 2.75) is 69.5 Å². The van der Waals surface area contributed by atoms with E-state index in [0.29, 0.717) is 37.4 Å². The minimum atomic E-state index is -3.11. The molecule has 0 spiro atoms. The maximum atomic E-state index is 12.6. The fourth-order valence-corrected chi connectivity index (χ4v) is 6.48. The minimum absolute atomic E-state index is 0.0517. The van der Waals surface area contributed by atoms with Gasteiger partial charge in [0.15, 0.2) is 0 Å². The fraction of sp³-hybridized carbons (Fsp3) is 0.652. The predicted octanol–water partition coefficient (Wildman–Crippen LogP) is 1.91. The zero-order valence-corrected chi connectivity index (χ0v) is 18.9. The summed E-state index contributed by atoms with van der Waals surface area (Å²) in [4.78, 5) is 12.6. The molecule has 2 N–H and O–H groups in total. The van der Waals surface area contributed by atoms with Gasteiger partial charge in [0.1, 0.15) is 6.04 Å². The van der Waals surface area contributed by atoms with E-state index in [0.717, 1.165) is 37.7 Å². The molecule has 3 fully saturated rings. The van der Waals surface area contributed by atoms with Crippen LogP contribution in [0.25, 0.3) is 0 Å². The van der Waals surface area contributed by atoms with Crippen LogP contribution in [0.1, 0.15) is 56.1 Å². The number of sulfonamides is 1. The number of fused-ring (bicyclic) bond motifs is 2. The highest BCUT2D eigenvalue weighted by atomic mass is 32.2. The van der Waals surface area contributed by atoms with Gasteiger partial charge in [0.05, 0.1) is 17.9 Å². The van der Waals surface area contributed by atoms with Gasteiger partial charge in [0.2, 0.25) is 15.9 Å². The first-order valence-corrected chi connectivity index (χ1v) is 13.0. The smallest absolute Gasteiger partial charge is 0.238 e. The van der Waals surface area contributed by atoms with Gasteiger partial charge in [0, 0.05) is 25.6 Å². The molecule has 0 radical (unpaired) electrons. The molecular formula is C23H32N4O3S. The molecule has 168 valence electrons. The van der Waals surface area contributed by atoms with E-state index < -0.39 is 16.1 Å². The lowest BCUT2D eigenvalue weighted by atomic mass is 9.89. The van der Waals surface area contributed by atoms with Crippen LogP contribution >= 0.6 is 0 Å². The first-order valence-electron chi connectivity index (χ1n) is 11.4. The Morgan fingerprint density at radius 1 is 1.23 bits per heavy atom. The second kappa shape index (κ2) is 9.27. The number of amides is 1. The number of nitriles is 1. The lowest BCUT2D eigenvalue weighted by Gasteiger charge is -2.31. The van der Waals surface area contributed by atoms with E-state index >= 15 is 0 Å². The first kappa shape index (κ1) is 22.3. The molecule has 0 unspecified atom stereocenters. The Morgan fingerprint density at radius 3 is 2.48 bits per heavy atom. The van der Waals surface area contributed by atoms with E-state index in [4.69, 9.17) is 0 Å².